The quantitative estimate of drug-likeness (QED) is 0.118. The van der Waals surface area contributed by atoms with Crippen LogP contribution < -0.4 is 9.30 Å². The van der Waals surface area contributed by atoms with E-state index < -0.39 is 0 Å². The normalized spacial score (nSPS) is 11.8. The molecule has 4 heterocycles. The van der Waals surface area contributed by atoms with Crippen molar-refractivity contribution < 1.29 is 30.4 Å². The first-order valence-corrected chi connectivity index (χ1v) is 21.6. The summed E-state index contributed by atoms with van der Waals surface area (Å²) in [7, 11) is 0. The summed E-state index contributed by atoms with van der Waals surface area (Å²) < 4.78 is 15.4. The van der Waals surface area contributed by atoms with E-state index in [4.69, 9.17) is 9.72 Å². The molecule has 12 rings (SSSR count). The number of nitrogens with zero attached hydrogens (tertiary/aromatic N) is 5. The maximum atomic E-state index is 6.66. The number of benzene rings is 8. The van der Waals surface area contributed by atoms with E-state index in [2.05, 4.69) is 192 Å². The van der Waals surface area contributed by atoms with Crippen molar-refractivity contribution in [3.05, 3.63) is 218 Å². The van der Waals surface area contributed by atoms with Crippen LogP contribution in [-0.2, 0) is 26.5 Å². The van der Waals surface area contributed by atoms with Crippen LogP contribution in [0, 0.1) is 18.5 Å². The molecule has 0 radical (unpaired) electrons. The molecule has 0 bridgehead atoms. The summed E-state index contributed by atoms with van der Waals surface area (Å²) in [5.74, 6) is 1.98. The van der Waals surface area contributed by atoms with Crippen molar-refractivity contribution in [1.82, 2.24) is 18.7 Å². The molecule has 0 unspecified atom stereocenters. The molecule has 0 amide bonds. The Kier molecular flexibility index (Phi) is 9.86. The van der Waals surface area contributed by atoms with Crippen LogP contribution in [0.3, 0.4) is 0 Å². The minimum Gasteiger partial charge on any atom is -0.510 e. The topological polar surface area (TPSA) is 40.8 Å². The zero-order chi connectivity index (χ0) is 42.9. The van der Waals surface area contributed by atoms with Crippen molar-refractivity contribution in [1.29, 1.82) is 0 Å². The predicted octanol–water partition coefficient (Wildman–Crippen LogP) is 13.7. The molecule has 0 saturated heterocycles. The number of hydrogen-bond acceptors (Lipinski definition) is 2. The third kappa shape index (κ3) is 6.84. The number of rotatable bonds is 7. The van der Waals surface area contributed by atoms with Gasteiger partial charge in [-0.25, -0.2) is 4.98 Å². The van der Waals surface area contributed by atoms with Crippen molar-refractivity contribution in [2.45, 2.75) is 26.2 Å². The van der Waals surface area contributed by atoms with E-state index in [9.17, 15) is 0 Å². The minimum absolute atomic E-state index is 0. The van der Waals surface area contributed by atoms with E-state index in [1.165, 1.54) is 27.4 Å². The predicted molar refractivity (Wildman–Crippen MR) is 258 cm³/mol. The van der Waals surface area contributed by atoms with Gasteiger partial charge < -0.3 is 18.4 Å². The van der Waals surface area contributed by atoms with Crippen molar-refractivity contribution in [2.75, 3.05) is 0 Å². The van der Waals surface area contributed by atoms with Gasteiger partial charge in [0.2, 0.25) is 0 Å². The first kappa shape index (κ1) is 40.3. The molecule has 0 saturated carbocycles. The van der Waals surface area contributed by atoms with Gasteiger partial charge in [-0.1, -0.05) is 135 Å². The van der Waals surface area contributed by atoms with Gasteiger partial charge in [-0.2, -0.15) is 18.2 Å². The Bertz CT molecular complexity index is 3710. The fourth-order valence-corrected chi connectivity index (χ4v) is 9.24. The van der Waals surface area contributed by atoms with Crippen LogP contribution in [0.4, 0.5) is 0 Å². The van der Waals surface area contributed by atoms with Crippen molar-refractivity contribution in [3.8, 4) is 45.5 Å². The minimum atomic E-state index is -0.0788. The number of aromatic nitrogens is 5. The average Bonchev–Trinajstić information content (AvgIpc) is 3.99. The molecule has 0 spiro atoms. The standard InChI is InChI=1S/C58H41N5O.Pt/c1-58(2,3)40-32-33-59-57(35-40)63-55-34-39(45-20-7-10-23-50(45)62-51-24-11-8-21-46(51)47-22-9-12-25-52(47)62)28-30-48(55)49-31-29-44(37-56(49)63)64-43-19-15-18-42(36-43)61-38-60(41-16-5-4-6-17-41)53-26-13-14-27-54(53)61;/h4-35H,1-3H3;/q-2;. The van der Waals surface area contributed by atoms with Gasteiger partial charge in [0, 0.05) is 60.6 Å². The molecule has 12 aromatic rings. The third-order valence-electron chi connectivity index (χ3n) is 12.3. The molecule has 6 nitrogen and oxygen atoms in total. The van der Waals surface area contributed by atoms with Crippen molar-refractivity contribution >= 4 is 54.6 Å². The molecule has 0 atom stereocenters. The SMILES string of the molecule is CC(C)(C)c1ccnc(-n2c3[c-]c(Oc4[c-]c(-n5[c-][n+](-c6ccccc6)c6ccccc65)ccc4)ccc3c3ccc(-c4ccccc4-n4c5ccccc5c5ccccc54)cc32)c1.[Pt]. The summed E-state index contributed by atoms with van der Waals surface area (Å²) in [5.41, 5.74) is 12.6. The Morgan fingerprint density at radius 3 is 1.98 bits per heavy atom. The van der Waals surface area contributed by atoms with Gasteiger partial charge >= 0.3 is 0 Å². The Hall–Kier alpha value is -7.53. The summed E-state index contributed by atoms with van der Waals surface area (Å²) in [5, 5.41) is 4.64. The molecule has 0 N–H and O–H groups in total. The Balaban J connectivity index is 0.00000469. The molecule has 8 aromatic carbocycles. The van der Waals surface area contributed by atoms with Gasteiger partial charge in [-0.15, -0.1) is 29.7 Å². The molecule has 316 valence electrons. The van der Waals surface area contributed by atoms with E-state index in [0.29, 0.717) is 11.5 Å². The second-order valence-corrected chi connectivity index (χ2v) is 17.3. The van der Waals surface area contributed by atoms with Gasteiger partial charge in [0.25, 0.3) is 6.33 Å². The summed E-state index contributed by atoms with van der Waals surface area (Å²) in [6.45, 7) is 6.71. The van der Waals surface area contributed by atoms with Crippen LogP contribution in [0.1, 0.15) is 26.3 Å². The number of imidazole rings is 1. The molecular weight excluding hydrogens is 978 g/mol. The van der Waals surface area contributed by atoms with E-state index >= 15 is 0 Å². The van der Waals surface area contributed by atoms with Crippen molar-refractivity contribution in [2.24, 2.45) is 0 Å². The fraction of sp³-hybridized carbons (Fsp3) is 0.0690. The number of fused-ring (bicyclic) bond motifs is 7. The van der Waals surface area contributed by atoms with Gasteiger partial charge in [-0.05, 0) is 76.1 Å². The fourth-order valence-electron chi connectivity index (χ4n) is 9.24. The molecule has 0 aliphatic heterocycles. The van der Waals surface area contributed by atoms with Crippen LogP contribution in [0.2, 0.25) is 0 Å². The number of ether oxygens (including phenoxy) is 1. The molecule has 0 aliphatic rings. The van der Waals surface area contributed by atoms with Crippen LogP contribution in [0.15, 0.2) is 194 Å². The maximum Gasteiger partial charge on any atom is 0.268 e. The average molecular weight is 1020 g/mol. The molecule has 65 heavy (non-hydrogen) atoms. The smallest absolute Gasteiger partial charge is 0.268 e. The van der Waals surface area contributed by atoms with E-state index in [1.807, 2.05) is 59.3 Å². The summed E-state index contributed by atoms with van der Waals surface area (Å²) in [6.07, 6.45) is 5.48. The largest absolute Gasteiger partial charge is 0.510 e. The Labute approximate surface area is 391 Å². The molecular formula is C58H41N5OPt-2. The molecule has 7 heteroatoms. The first-order valence-electron chi connectivity index (χ1n) is 21.6. The van der Waals surface area contributed by atoms with E-state index in [-0.39, 0.29) is 26.5 Å². The zero-order valence-electron chi connectivity index (χ0n) is 35.9. The zero-order valence-corrected chi connectivity index (χ0v) is 38.2. The van der Waals surface area contributed by atoms with Crippen LogP contribution in [0.5, 0.6) is 11.5 Å². The van der Waals surface area contributed by atoms with Gasteiger partial charge in [0.05, 0.1) is 33.4 Å². The van der Waals surface area contributed by atoms with Crippen LogP contribution in [0.25, 0.3) is 88.7 Å². The summed E-state index contributed by atoms with van der Waals surface area (Å²) in [4.78, 5) is 5.02. The van der Waals surface area contributed by atoms with Gasteiger partial charge in [0.15, 0.2) is 0 Å². The monoisotopic (exact) mass is 1020 g/mol. The molecule has 4 aromatic heterocycles. The summed E-state index contributed by atoms with van der Waals surface area (Å²) in [6, 6.07) is 73.1. The van der Waals surface area contributed by atoms with Gasteiger partial charge in [0.1, 0.15) is 5.82 Å². The van der Waals surface area contributed by atoms with E-state index in [0.717, 1.165) is 66.8 Å². The number of para-hydroxylation sites is 6. The number of hydrogen-bond donors (Lipinski definition) is 0. The second kappa shape index (κ2) is 15.9. The van der Waals surface area contributed by atoms with Crippen molar-refractivity contribution in [3.63, 3.8) is 0 Å². The molecule has 0 fully saturated rings. The van der Waals surface area contributed by atoms with Crippen LogP contribution in [-0.4, -0.2) is 18.7 Å². The Morgan fingerprint density at radius 1 is 0.538 bits per heavy atom. The van der Waals surface area contributed by atoms with Crippen LogP contribution >= 0.6 is 0 Å². The number of pyridine rings is 1. The maximum absolute atomic E-state index is 6.66. The summed E-state index contributed by atoms with van der Waals surface area (Å²) >= 11 is 0. The molecule has 0 aliphatic carbocycles. The second-order valence-electron chi connectivity index (χ2n) is 17.3. The third-order valence-corrected chi connectivity index (χ3v) is 12.3. The van der Waals surface area contributed by atoms with E-state index in [1.54, 1.807) is 0 Å². The Morgan fingerprint density at radius 2 is 1.20 bits per heavy atom. The van der Waals surface area contributed by atoms with Gasteiger partial charge in [-0.3, -0.25) is 4.57 Å². The first-order chi connectivity index (χ1) is 31.4.